The van der Waals surface area contributed by atoms with Crippen LogP contribution in [0.4, 0.5) is 0 Å². The molecule has 0 saturated carbocycles. The van der Waals surface area contributed by atoms with Crippen molar-refractivity contribution in [1.82, 2.24) is 14.9 Å². The normalized spacial score (nSPS) is 12.9. The van der Waals surface area contributed by atoms with Gasteiger partial charge in [0.15, 0.2) is 0 Å². The van der Waals surface area contributed by atoms with Gasteiger partial charge in [0.1, 0.15) is 0 Å². The predicted octanol–water partition coefficient (Wildman–Crippen LogP) is 1.29. The zero-order valence-corrected chi connectivity index (χ0v) is 9.65. The molecule has 15 heavy (non-hydrogen) atoms. The third-order valence-corrected chi connectivity index (χ3v) is 2.31. The van der Waals surface area contributed by atoms with E-state index in [0.29, 0.717) is 6.04 Å². The maximum atomic E-state index is 5.04. The van der Waals surface area contributed by atoms with Crippen molar-refractivity contribution in [2.75, 3.05) is 20.3 Å². The molecule has 0 aliphatic carbocycles. The molecule has 0 aromatic carbocycles. The van der Waals surface area contributed by atoms with Crippen LogP contribution in [-0.2, 0) is 11.3 Å². The van der Waals surface area contributed by atoms with Crippen LogP contribution in [0.1, 0.15) is 19.8 Å². The Balaban J connectivity index is 1.93. The number of unbranched alkanes of at least 4 members (excludes halogenated alkanes) is 1. The fourth-order valence-electron chi connectivity index (χ4n) is 1.50. The quantitative estimate of drug-likeness (QED) is 0.659. The Morgan fingerprint density at radius 1 is 1.47 bits per heavy atom. The van der Waals surface area contributed by atoms with Crippen LogP contribution in [0.5, 0.6) is 0 Å². The average Bonchev–Trinajstić information content (AvgIpc) is 2.70. The molecule has 1 aromatic rings. The Morgan fingerprint density at radius 3 is 3.00 bits per heavy atom. The summed E-state index contributed by atoms with van der Waals surface area (Å²) in [5, 5.41) is 3.41. The molecular formula is C11H21N3O. The molecule has 86 valence electrons. The molecule has 0 spiro atoms. The van der Waals surface area contributed by atoms with E-state index in [1.165, 1.54) is 12.8 Å². The topological polar surface area (TPSA) is 39.1 Å². The number of aromatic nitrogens is 2. The first-order chi connectivity index (χ1) is 7.33. The lowest BCUT2D eigenvalue weighted by molar-refractivity contribution is 0.172. The molecule has 1 unspecified atom stereocenters. The molecule has 1 heterocycles. The minimum atomic E-state index is 0.447. The molecule has 0 aliphatic heterocycles. The van der Waals surface area contributed by atoms with E-state index in [0.717, 1.165) is 19.7 Å². The Morgan fingerprint density at radius 2 is 2.33 bits per heavy atom. The molecular weight excluding hydrogens is 190 g/mol. The van der Waals surface area contributed by atoms with Crippen LogP contribution in [0.15, 0.2) is 18.7 Å². The first-order valence-corrected chi connectivity index (χ1v) is 5.51. The van der Waals surface area contributed by atoms with E-state index in [1.54, 1.807) is 7.11 Å². The van der Waals surface area contributed by atoms with Gasteiger partial charge in [-0.15, -0.1) is 0 Å². The molecule has 1 aromatic heterocycles. The van der Waals surface area contributed by atoms with E-state index in [2.05, 4.69) is 21.8 Å². The van der Waals surface area contributed by atoms with Crippen LogP contribution >= 0.6 is 0 Å². The van der Waals surface area contributed by atoms with Crippen LogP contribution in [0.25, 0.3) is 0 Å². The minimum absolute atomic E-state index is 0.447. The van der Waals surface area contributed by atoms with Gasteiger partial charge in [-0.3, -0.25) is 0 Å². The molecule has 1 N–H and O–H groups in total. The van der Waals surface area contributed by atoms with E-state index < -0.39 is 0 Å². The molecule has 1 rings (SSSR count). The number of ether oxygens (including phenoxy) is 1. The second kappa shape index (κ2) is 7.43. The number of imidazole rings is 1. The summed E-state index contributed by atoms with van der Waals surface area (Å²) in [5.74, 6) is 0. The summed E-state index contributed by atoms with van der Waals surface area (Å²) in [6.07, 6.45) is 8.05. The van der Waals surface area contributed by atoms with Crippen molar-refractivity contribution < 1.29 is 4.74 Å². The number of aryl methyl sites for hydroxylation is 1. The van der Waals surface area contributed by atoms with E-state index in [9.17, 15) is 0 Å². The minimum Gasteiger partial charge on any atom is -0.383 e. The largest absolute Gasteiger partial charge is 0.383 e. The third-order valence-electron chi connectivity index (χ3n) is 2.31. The first kappa shape index (κ1) is 12.2. The number of rotatable bonds is 8. The summed E-state index contributed by atoms with van der Waals surface area (Å²) < 4.78 is 7.15. The zero-order chi connectivity index (χ0) is 10.9. The Labute approximate surface area is 91.7 Å². The Hall–Kier alpha value is -0.870. The SMILES string of the molecule is COCC(C)NCCCCn1ccnc1. The van der Waals surface area contributed by atoms with E-state index in [1.807, 2.05) is 18.7 Å². The molecule has 0 radical (unpaired) electrons. The second-order valence-electron chi connectivity index (χ2n) is 3.82. The van der Waals surface area contributed by atoms with Gasteiger partial charge >= 0.3 is 0 Å². The number of nitrogens with zero attached hydrogens (tertiary/aromatic N) is 2. The molecule has 0 aliphatic rings. The fraction of sp³-hybridized carbons (Fsp3) is 0.727. The van der Waals surface area contributed by atoms with Crippen molar-refractivity contribution in [2.24, 2.45) is 0 Å². The molecule has 0 bridgehead atoms. The Kier molecular flexibility index (Phi) is 6.04. The number of hydrogen-bond acceptors (Lipinski definition) is 3. The monoisotopic (exact) mass is 211 g/mol. The number of hydrogen-bond donors (Lipinski definition) is 1. The summed E-state index contributed by atoms with van der Waals surface area (Å²) in [4.78, 5) is 4.00. The lowest BCUT2D eigenvalue weighted by Crippen LogP contribution is -2.30. The maximum Gasteiger partial charge on any atom is 0.0945 e. The first-order valence-electron chi connectivity index (χ1n) is 5.51. The molecule has 0 fully saturated rings. The molecule has 1 atom stereocenters. The van der Waals surface area contributed by atoms with Gasteiger partial charge < -0.3 is 14.6 Å². The summed E-state index contributed by atoms with van der Waals surface area (Å²) in [6, 6.07) is 0.447. The lowest BCUT2D eigenvalue weighted by atomic mass is 10.3. The highest BCUT2D eigenvalue weighted by atomic mass is 16.5. The standard InChI is InChI=1S/C11H21N3O/c1-11(9-15-2)13-5-3-4-7-14-8-6-12-10-14/h6,8,10-11,13H,3-5,7,9H2,1-2H3. The van der Waals surface area contributed by atoms with E-state index >= 15 is 0 Å². The number of nitrogens with one attached hydrogen (secondary N) is 1. The third kappa shape index (κ3) is 5.54. The van der Waals surface area contributed by atoms with Gasteiger partial charge in [0.2, 0.25) is 0 Å². The van der Waals surface area contributed by atoms with Gasteiger partial charge in [-0.25, -0.2) is 4.98 Å². The van der Waals surface area contributed by atoms with Crippen molar-refractivity contribution >= 4 is 0 Å². The van der Waals surface area contributed by atoms with Gasteiger partial charge in [-0.1, -0.05) is 0 Å². The van der Waals surface area contributed by atoms with Gasteiger partial charge in [0, 0.05) is 32.1 Å². The maximum absolute atomic E-state index is 5.04. The van der Waals surface area contributed by atoms with Gasteiger partial charge in [-0.05, 0) is 26.3 Å². The van der Waals surface area contributed by atoms with E-state index in [4.69, 9.17) is 4.74 Å². The summed E-state index contributed by atoms with van der Waals surface area (Å²) >= 11 is 0. The lowest BCUT2D eigenvalue weighted by Gasteiger charge is -2.12. The molecule has 4 heteroatoms. The smallest absolute Gasteiger partial charge is 0.0945 e. The van der Waals surface area contributed by atoms with E-state index in [-0.39, 0.29) is 0 Å². The zero-order valence-electron chi connectivity index (χ0n) is 9.65. The van der Waals surface area contributed by atoms with Gasteiger partial charge in [0.05, 0.1) is 12.9 Å². The highest BCUT2D eigenvalue weighted by molar-refractivity contribution is 4.73. The van der Waals surface area contributed by atoms with Crippen LogP contribution in [0.2, 0.25) is 0 Å². The van der Waals surface area contributed by atoms with Gasteiger partial charge in [0.25, 0.3) is 0 Å². The molecule has 4 nitrogen and oxygen atoms in total. The highest BCUT2D eigenvalue weighted by Crippen LogP contribution is 1.94. The highest BCUT2D eigenvalue weighted by Gasteiger charge is 1.98. The van der Waals surface area contributed by atoms with Crippen LogP contribution in [0.3, 0.4) is 0 Å². The predicted molar refractivity (Wildman–Crippen MR) is 60.8 cm³/mol. The summed E-state index contributed by atoms with van der Waals surface area (Å²) in [5.41, 5.74) is 0. The van der Waals surface area contributed by atoms with Crippen LogP contribution < -0.4 is 5.32 Å². The van der Waals surface area contributed by atoms with Crippen molar-refractivity contribution in [3.8, 4) is 0 Å². The molecule has 0 amide bonds. The van der Waals surface area contributed by atoms with Gasteiger partial charge in [-0.2, -0.15) is 0 Å². The fourth-order valence-corrected chi connectivity index (χ4v) is 1.50. The Bertz CT molecular complexity index is 236. The van der Waals surface area contributed by atoms with Crippen molar-refractivity contribution in [1.29, 1.82) is 0 Å². The average molecular weight is 211 g/mol. The number of methoxy groups -OCH3 is 1. The second-order valence-corrected chi connectivity index (χ2v) is 3.82. The van der Waals surface area contributed by atoms with Crippen LogP contribution in [0, 0.1) is 0 Å². The summed E-state index contributed by atoms with van der Waals surface area (Å²) in [7, 11) is 1.73. The van der Waals surface area contributed by atoms with Crippen molar-refractivity contribution in [2.45, 2.75) is 32.4 Å². The molecule has 0 saturated heterocycles. The van der Waals surface area contributed by atoms with Crippen LogP contribution in [-0.4, -0.2) is 35.9 Å². The van der Waals surface area contributed by atoms with Crippen molar-refractivity contribution in [3.05, 3.63) is 18.7 Å². The summed E-state index contributed by atoms with van der Waals surface area (Å²) in [6.45, 7) is 5.03. The van der Waals surface area contributed by atoms with Crippen molar-refractivity contribution in [3.63, 3.8) is 0 Å².